The van der Waals surface area contributed by atoms with Crippen molar-refractivity contribution in [3.05, 3.63) is 0 Å². The van der Waals surface area contributed by atoms with Crippen LogP contribution in [-0.4, -0.2) is 38.8 Å². The molecule has 4 heteroatoms. The molecule has 19 heavy (non-hydrogen) atoms. The Morgan fingerprint density at radius 1 is 1.26 bits per heavy atom. The lowest BCUT2D eigenvalue weighted by atomic mass is 9.87. The lowest BCUT2D eigenvalue weighted by molar-refractivity contribution is -0.157. The molecule has 0 aromatic rings. The molecule has 2 saturated heterocycles. The van der Waals surface area contributed by atoms with Crippen molar-refractivity contribution >= 4 is 8.32 Å². The predicted octanol–water partition coefficient (Wildman–Crippen LogP) is 3.59. The maximum atomic E-state index is 6.67. The normalized spacial score (nSPS) is 39.3. The Morgan fingerprint density at radius 2 is 1.84 bits per heavy atom. The molecule has 0 unspecified atom stereocenters. The zero-order chi connectivity index (χ0) is 14.6. The average molecular weight is 286 g/mol. The molecule has 0 aromatic heterocycles. The van der Waals surface area contributed by atoms with Gasteiger partial charge in [0.05, 0.1) is 12.7 Å². The van der Waals surface area contributed by atoms with Gasteiger partial charge < -0.3 is 13.9 Å². The molecule has 2 bridgehead atoms. The van der Waals surface area contributed by atoms with E-state index in [-0.39, 0.29) is 29.0 Å². The molecule has 0 saturated carbocycles. The molecule has 0 spiro atoms. The summed E-state index contributed by atoms with van der Waals surface area (Å²) in [6.45, 7) is 18.7. The molecular weight excluding hydrogens is 256 g/mol. The maximum absolute atomic E-state index is 6.67. The van der Waals surface area contributed by atoms with Gasteiger partial charge in [-0.1, -0.05) is 34.6 Å². The van der Waals surface area contributed by atoms with Crippen LogP contribution in [0.2, 0.25) is 18.1 Å². The molecule has 2 heterocycles. The van der Waals surface area contributed by atoms with Gasteiger partial charge in [-0.25, -0.2) is 0 Å². The van der Waals surface area contributed by atoms with Crippen LogP contribution in [0.5, 0.6) is 0 Å². The van der Waals surface area contributed by atoms with Crippen LogP contribution in [0.4, 0.5) is 0 Å². The molecule has 0 N–H and O–H groups in total. The van der Waals surface area contributed by atoms with Crippen molar-refractivity contribution in [2.45, 2.75) is 83.6 Å². The Balaban J connectivity index is 2.25. The molecule has 0 amide bonds. The van der Waals surface area contributed by atoms with Gasteiger partial charge in [0.25, 0.3) is 0 Å². The largest absolute Gasteiger partial charge is 0.408 e. The summed E-state index contributed by atoms with van der Waals surface area (Å²) in [7, 11) is -1.80. The monoisotopic (exact) mass is 286 g/mol. The third-order valence-electron chi connectivity index (χ3n) is 5.35. The van der Waals surface area contributed by atoms with Crippen molar-refractivity contribution in [3.63, 3.8) is 0 Å². The first-order valence-electron chi connectivity index (χ1n) is 7.48. The van der Waals surface area contributed by atoms with Crippen molar-refractivity contribution < 1.29 is 13.9 Å². The Hall–Kier alpha value is 0.0969. The Bertz CT molecular complexity index is 348. The van der Waals surface area contributed by atoms with E-state index in [2.05, 4.69) is 54.6 Å². The van der Waals surface area contributed by atoms with Crippen LogP contribution in [0.15, 0.2) is 0 Å². The quantitative estimate of drug-likeness (QED) is 0.742. The van der Waals surface area contributed by atoms with Gasteiger partial charge in [-0.15, -0.1) is 0 Å². The van der Waals surface area contributed by atoms with Crippen LogP contribution in [-0.2, 0) is 13.9 Å². The highest BCUT2D eigenvalue weighted by molar-refractivity contribution is 6.74. The molecule has 0 aromatic carbocycles. The zero-order valence-corrected chi connectivity index (χ0v) is 14.7. The molecule has 0 aliphatic carbocycles. The van der Waals surface area contributed by atoms with Gasteiger partial charge in [0.1, 0.15) is 17.8 Å². The van der Waals surface area contributed by atoms with E-state index in [9.17, 15) is 0 Å². The molecule has 112 valence electrons. The number of hydrogen-bond acceptors (Lipinski definition) is 3. The summed E-state index contributed by atoms with van der Waals surface area (Å²) in [6.07, 6.45) is 0.353. The van der Waals surface area contributed by atoms with E-state index in [0.29, 0.717) is 12.5 Å². The van der Waals surface area contributed by atoms with E-state index in [1.54, 1.807) is 0 Å². The van der Waals surface area contributed by atoms with E-state index >= 15 is 0 Å². The second-order valence-electron chi connectivity index (χ2n) is 8.01. The second-order valence-corrected chi connectivity index (χ2v) is 12.8. The first kappa shape index (κ1) is 15.5. The SMILES string of the molecule is CC(C)[C@@]12CO[C@@H]([C@H](C)O1)[C@H]2O[Si](C)(C)C(C)(C)C. The fraction of sp³-hybridized carbons (Fsp3) is 1.00. The van der Waals surface area contributed by atoms with Gasteiger partial charge in [-0.3, -0.25) is 0 Å². The van der Waals surface area contributed by atoms with Crippen LogP contribution < -0.4 is 0 Å². The second kappa shape index (κ2) is 4.55. The van der Waals surface area contributed by atoms with E-state index in [1.807, 2.05) is 0 Å². The van der Waals surface area contributed by atoms with Crippen LogP contribution in [0, 0.1) is 5.92 Å². The Morgan fingerprint density at radius 3 is 2.26 bits per heavy atom. The number of ether oxygens (including phenoxy) is 2. The van der Waals surface area contributed by atoms with Gasteiger partial charge in [-0.2, -0.15) is 0 Å². The van der Waals surface area contributed by atoms with Crippen molar-refractivity contribution in [2.24, 2.45) is 5.92 Å². The van der Waals surface area contributed by atoms with Gasteiger partial charge >= 0.3 is 0 Å². The maximum Gasteiger partial charge on any atom is 0.192 e. The van der Waals surface area contributed by atoms with Gasteiger partial charge in [0.15, 0.2) is 8.32 Å². The van der Waals surface area contributed by atoms with Crippen molar-refractivity contribution in [2.75, 3.05) is 6.61 Å². The topological polar surface area (TPSA) is 27.7 Å². The molecule has 3 nitrogen and oxygen atoms in total. The number of rotatable bonds is 3. The minimum atomic E-state index is -1.80. The molecule has 0 radical (unpaired) electrons. The molecule has 2 fully saturated rings. The lowest BCUT2D eigenvalue weighted by Crippen LogP contribution is -2.53. The minimum absolute atomic E-state index is 0.100. The van der Waals surface area contributed by atoms with E-state index in [0.717, 1.165) is 0 Å². The van der Waals surface area contributed by atoms with Gasteiger partial charge in [0, 0.05) is 0 Å². The Kier molecular flexibility index (Phi) is 3.71. The van der Waals surface area contributed by atoms with Crippen LogP contribution in [0.25, 0.3) is 0 Å². The number of fused-ring (bicyclic) bond motifs is 2. The standard InChI is InChI=1S/C15H30O3Si/c1-10(2)15-9-16-12(11(3)17-15)13(15)18-19(7,8)14(4,5)6/h10-13H,9H2,1-8H3/t11-,12-,13+,15+/m0/s1. The summed E-state index contributed by atoms with van der Waals surface area (Å²) in [5.41, 5.74) is -0.237. The summed E-state index contributed by atoms with van der Waals surface area (Å²) in [6, 6.07) is 0. The number of hydrogen-bond donors (Lipinski definition) is 0. The summed E-state index contributed by atoms with van der Waals surface area (Å²) < 4.78 is 18.9. The van der Waals surface area contributed by atoms with Crippen molar-refractivity contribution in [1.29, 1.82) is 0 Å². The van der Waals surface area contributed by atoms with E-state index in [1.165, 1.54) is 0 Å². The van der Waals surface area contributed by atoms with Crippen molar-refractivity contribution in [1.82, 2.24) is 0 Å². The zero-order valence-electron chi connectivity index (χ0n) is 13.7. The summed E-state index contributed by atoms with van der Waals surface area (Å²) >= 11 is 0. The summed E-state index contributed by atoms with van der Waals surface area (Å²) in [5.74, 6) is 0.414. The van der Waals surface area contributed by atoms with Gasteiger partial charge in [-0.05, 0) is 31.0 Å². The third kappa shape index (κ3) is 2.31. The Labute approximate surface area is 119 Å². The fourth-order valence-electron chi connectivity index (χ4n) is 2.86. The molecule has 2 aliphatic heterocycles. The molecule has 2 aliphatic rings. The van der Waals surface area contributed by atoms with E-state index < -0.39 is 8.32 Å². The summed E-state index contributed by atoms with van der Waals surface area (Å²) in [5, 5.41) is 0.219. The molecular formula is C15H30O3Si. The van der Waals surface area contributed by atoms with Gasteiger partial charge in [0.2, 0.25) is 0 Å². The first-order valence-corrected chi connectivity index (χ1v) is 10.4. The highest BCUT2D eigenvalue weighted by Gasteiger charge is 2.63. The third-order valence-corrected chi connectivity index (χ3v) is 9.81. The highest BCUT2D eigenvalue weighted by atomic mass is 28.4. The minimum Gasteiger partial charge on any atom is -0.408 e. The molecule has 2 rings (SSSR count). The highest BCUT2D eigenvalue weighted by Crippen LogP contribution is 2.49. The predicted molar refractivity (Wildman–Crippen MR) is 79.9 cm³/mol. The van der Waals surface area contributed by atoms with E-state index in [4.69, 9.17) is 13.9 Å². The lowest BCUT2D eigenvalue weighted by Gasteiger charge is -2.42. The summed E-state index contributed by atoms with van der Waals surface area (Å²) in [4.78, 5) is 0. The smallest absolute Gasteiger partial charge is 0.192 e. The van der Waals surface area contributed by atoms with Crippen molar-refractivity contribution in [3.8, 4) is 0 Å². The first-order chi connectivity index (χ1) is 8.51. The van der Waals surface area contributed by atoms with Crippen LogP contribution >= 0.6 is 0 Å². The van der Waals surface area contributed by atoms with Crippen LogP contribution in [0.3, 0.4) is 0 Å². The van der Waals surface area contributed by atoms with Crippen LogP contribution in [0.1, 0.15) is 41.5 Å². The molecule has 4 atom stereocenters. The average Bonchev–Trinajstić information content (AvgIpc) is 2.68. The fourth-order valence-corrected chi connectivity index (χ4v) is 4.18.